The highest BCUT2D eigenvalue weighted by atomic mass is 16.5. The first-order valence-electron chi connectivity index (χ1n) is 5.12. The van der Waals surface area contributed by atoms with Crippen LogP contribution in [0.25, 0.3) is 0 Å². The molecule has 0 fully saturated rings. The fourth-order valence-corrected chi connectivity index (χ4v) is 1.12. The summed E-state index contributed by atoms with van der Waals surface area (Å²) in [5.41, 5.74) is 0. The molecule has 2 heteroatoms. The van der Waals surface area contributed by atoms with E-state index < -0.39 is 0 Å². The van der Waals surface area contributed by atoms with Gasteiger partial charge in [0.1, 0.15) is 0 Å². The minimum Gasteiger partial charge on any atom is -0.380 e. The molecule has 1 unspecified atom stereocenters. The molecule has 12 heavy (non-hydrogen) atoms. The molecule has 1 N–H and O–H groups in total. The molecule has 0 radical (unpaired) electrons. The van der Waals surface area contributed by atoms with Crippen LogP contribution in [0.4, 0.5) is 0 Å². The van der Waals surface area contributed by atoms with Gasteiger partial charge in [-0.25, -0.2) is 0 Å². The molecule has 0 spiro atoms. The van der Waals surface area contributed by atoms with Crippen LogP contribution in [-0.2, 0) is 4.74 Å². The SMILES string of the molecule is CCCCCOCC(C)NCC. The van der Waals surface area contributed by atoms with Crippen molar-refractivity contribution in [3.05, 3.63) is 0 Å². The summed E-state index contributed by atoms with van der Waals surface area (Å²) in [5.74, 6) is 0. The van der Waals surface area contributed by atoms with Crippen molar-refractivity contribution in [2.24, 2.45) is 0 Å². The van der Waals surface area contributed by atoms with Crippen molar-refractivity contribution >= 4 is 0 Å². The number of hydrogen-bond donors (Lipinski definition) is 1. The first-order chi connectivity index (χ1) is 5.81. The van der Waals surface area contributed by atoms with Crippen LogP contribution < -0.4 is 5.32 Å². The van der Waals surface area contributed by atoms with Gasteiger partial charge < -0.3 is 10.1 Å². The standard InChI is InChI=1S/C10H23NO/c1-4-6-7-8-12-9-10(3)11-5-2/h10-11H,4-9H2,1-3H3. The van der Waals surface area contributed by atoms with Gasteiger partial charge in [-0.1, -0.05) is 26.7 Å². The van der Waals surface area contributed by atoms with Crippen molar-refractivity contribution in [3.63, 3.8) is 0 Å². The van der Waals surface area contributed by atoms with E-state index in [0.717, 1.165) is 19.8 Å². The Kier molecular flexibility index (Phi) is 8.95. The van der Waals surface area contributed by atoms with Crippen molar-refractivity contribution in [2.45, 2.75) is 46.1 Å². The Morgan fingerprint density at radius 2 is 2.00 bits per heavy atom. The van der Waals surface area contributed by atoms with Gasteiger partial charge in [-0.05, 0) is 19.9 Å². The third-order valence-corrected chi connectivity index (χ3v) is 1.81. The van der Waals surface area contributed by atoms with E-state index in [-0.39, 0.29) is 0 Å². The molecule has 74 valence electrons. The lowest BCUT2D eigenvalue weighted by molar-refractivity contribution is 0.112. The van der Waals surface area contributed by atoms with Crippen LogP contribution in [0.1, 0.15) is 40.0 Å². The molecular formula is C10H23NO. The summed E-state index contributed by atoms with van der Waals surface area (Å²) in [5, 5.41) is 3.31. The minimum atomic E-state index is 0.497. The third-order valence-electron chi connectivity index (χ3n) is 1.81. The van der Waals surface area contributed by atoms with E-state index in [0.29, 0.717) is 6.04 Å². The molecule has 0 amide bonds. The van der Waals surface area contributed by atoms with Gasteiger partial charge in [0.05, 0.1) is 6.61 Å². The van der Waals surface area contributed by atoms with E-state index in [9.17, 15) is 0 Å². The van der Waals surface area contributed by atoms with Crippen LogP contribution in [0.2, 0.25) is 0 Å². The molecule has 0 aliphatic carbocycles. The molecule has 0 rings (SSSR count). The van der Waals surface area contributed by atoms with Crippen molar-refractivity contribution in [2.75, 3.05) is 19.8 Å². The molecule has 0 bridgehead atoms. The summed E-state index contributed by atoms with van der Waals surface area (Å²) in [7, 11) is 0. The topological polar surface area (TPSA) is 21.3 Å². The zero-order valence-corrected chi connectivity index (χ0v) is 8.73. The van der Waals surface area contributed by atoms with Crippen molar-refractivity contribution < 1.29 is 4.74 Å². The van der Waals surface area contributed by atoms with Gasteiger partial charge in [-0.15, -0.1) is 0 Å². The Morgan fingerprint density at radius 3 is 2.58 bits per heavy atom. The zero-order valence-electron chi connectivity index (χ0n) is 8.73. The molecule has 0 heterocycles. The fraction of sp³-hybridized carbons (Fsp3) is 1.00. The smallest absolute Gasteiger partial charge is 0.0616 e. The molecule has 1 atom stereocenters. The second kappa shape index (κ2) is 9.01. The molecule has 0 aromatic rings. The van der Waals surface area contributed by atoms with E-state index in [1.165, 1.54) is 19.3 Å². The second-order valence-corrected chi connectivity index (χ2v) is 3.24. The number of unbranched alkanes of at least 4 members (excludes halogenated alkanes) is 2. The second-order valence-electron chi connectivity index (χ2n) is 3.24. The maximum absolute atomic E-state index is 5.49. The molecule has 0 saturated carbocycles. The lowest BCUT2D eigenvalue weighted by Crippen LogP contribution is -2.30. The summed E-state index contributed by atoms with van der Waals surface area (Å²) in [4.78, 5) is 0. The summed E-state index contributed by atoms with van der Waals surface area (Å²) in [6, 6.07) is 0.497. The summed E-state index contributed by atoms with van der Waals surface area (Å²) >= 11 is 0. The van der Waals surface area contributed by atoms with Crippen LogP contribution in [-0.4, -0.2) is 25.8 Å². The number of ether oxygens (including phenoxy) is 1. The molecule has 0 aliphatic rings. The van der Waals surface area contributed by atoms with Gasteiger partial charge in [0.15, 0.2) is 0 Å². The third kappa shape index (κ3) is 8.02. The largest absolute Gasteiger partial charge is 0.380 e. The average molecular weight is 173 g/mol. The fourth-order valence-electron chi connectivity index (χ4n) is 1.12. The lowest BCUT2D eigenvalue weighted by atomic mass is 10.3. The van der Waals surface area contributed by atoms with Crippen LogP contribution in [0, 0.1) is 0 Å². The lowest BCUT2D eigenvalue weighted by Gasteiger charge is -2.12. The van der Waals surface area contributed by atoms with Gasteiger partial charge in [0, 0.05) is 12.6 Å². The minimum absolute atomic E-state index is 0.497. The predicted octanol–water partition coefficient (Wildman–Crippen LogP) is 2.19. The van der Waals surface area contributed by atoms with Crippen LogP contribution in [0.5, 0.6) is 0 Å². The highest BCUT2D eigenvalue weighted by molar-refractivity contribution is 4.56. The highest BCUT2D eigenvalue weighted by Gasteiger charge is 1.97. The van der Waals surface area contributed by atoms with E-state index in [1.807, 2.05) is 0 Å². The molecule has 0 aromatic heterocycles. The molecular weight excluding hydrogens is 150 g/mol. The Labute approximate surface area is 76.7 Å². The zero-order chi connectivity index (χ0) is 9.23. The van der Waals surface area contributed by atoms with E-state index in [4.69, 9.17) is 4.74 Å². The molecule has 2 nitrogen and oxygen atoms in total. The van der Waals surface area contributed by atoms with Gasteiger partial charge in [-0.3, -0.25) is 0 Å². The van der Waals surface area contributed by atoms with Crippen LogP contribution in [0.3, 0.4) is 0 Å². The predicted molar refractivity (Wildman–Crippen MR) is 53.5 cm³/mol. The summed E-state index contributed by atoms with van der Waals surface area (Å²) in [6.45, 7) is 9.28. The molecule has 0 aliphatic heterocycles. The molecule has 0 saturated heterocycles. The van der Waals surface area contributed by atoms with Gasteiger partial charge in [-0.2, -0.15) is 0 Å². The maximum atomic E-state index is 5.49. The van der Waals surface area contributed by atoms with Gasteiger partial charge in [0.2, 0.25) is 0 Å². The Morgan fingerprint density at radius 1 is 1.25 bits per heavy atom. The number of hydrogen-bond acceptors (Lipinski definition) is 2. The Hall–Kier alpha value is -0.0800. The first-order valence-corrected chi connectivity index (χ1v) is 5.12. The molecule has 0 aromatic carbocycles. The van der Waals surface area contributed by atoms with Crippen molar-refractivity contribution in [1.82, 2.24) is 5.32 Å². The highest BCUT2D eigenvalue weighted by Crippen LogP contribution is 1.94. The normalized spacial score (nSPS) is 13.2. The quantitative estimate of drug-likeness (QED) is 0.568. The van der Waals surface area contributed by atoms with Crippen molar-refractivity contribution in [1.29, 1.82) is 0 Å². The summed E-state index contributed by atoms with van der Waals surface area (Å²) in [6.07, 6.45) is 3.76. The number of nitrogens with one attached hydrogen (secondary N) is 1. The summed E-state index contributed by atoms with van der Waals surface area (Å²) < 4.78 is 5.49. The first kappa shape index (κ1) is 11.9. The number of rotatable bonds is 8. The van der Waals surface area contributed by atoms with Crippen molar-refractivity contribution in [3.8, 4) is 0 Å². The maximum Gasteiger partial charge on any atom is 0.0616 e. The van der Waals surface area contributed by atoms with Gasteiger partial charge in [0.25, 0.3) is 0 Å². The van der Waals surface area contributed by atoms with E-state index in [1.54, 1.807) is 0 Å². The van der Waals surface area contributed by atoms with E-state index >= 15 is 0 Å². The van der Waals surface area contributed by atoms with Crippen LogP contribution in [0.15, 0.2) is 0 Å². The van der Waals surface area contributed by atoms with Gasteiger partial charge >= 0.3 is 0 Å². The monoisotopic (exact) mass is 173 g/mol. The van der Waals surface area contributed by atoms with E-state index in [2.05, 4.69) is 26.1 Å². The Bertz CT molecular complexity index is 85.9. The van der Waals surface area contributed by atoms with Crippen LogP contribution >= 0.6 is 0 Å². The Balaban J connectivity index is 2.97. The average Bonchev–Trinajstić information content (AvgIpc) is 2.05. The number of likely N-dealkylation sites (N-methyl/N-ethyl adjacent to an activating group) is 1.